The third-order valence-corrected chi connectivity index (χ3v) is 3.96. The summed E-state index contributed by atoms with van der Waals surface area (Å²) in [4.78, 5) is 12.3. The number of benzene rings is 1. The second-order valence-corrected chi connectivity index (χ2v) is 6.02. The van der Waals surface area contributed by atoms with Gasteiger partial charge in [0, 0.05) is 11.5 Å². The Balaban J connectivity index is 1.95. The molecule has 19 heavy (non-hydrogen) atoms. The molecule has 0 atom stereocenters. The van der Waals surface area contributed by atoms with E-state index in [2.05, 4.69) is 31.3 Å². The molecule has 0 amide bonds. The van der Waals surface area contributed by atoms with Crippen LogP contribution in [0.4, 0.5) is 0 Å². The van der Waals surface area contributed by atoms with Crippen LogP contribution in [-0.2, 0) is 6.42 Å². The number of rotatable bonds is 5. The average Bonchev–Trinajstić information content (AvgIpc) is 2.46. The Morgan fingerprint density at radius 3 is 2.42 bits per heavy atom. The number of hydrogen-bond acceptors (Lipinski definition) is 2. The molecule has 1 aromatic rings. The number of ketones is 1. The van der Waals surface area contributed by atoms with Crippen molar-refractivity contribution in [3.05, 3.63) is 35.4 Å². The van der Waals surface area contributed by atoms with E-state index in [1.165, 1.54) is 12.0 Å². The van der Waals surface area contributed by atoms with Crippen LogP contribution in [0.3, 0.4) is 0 Å². The molecule has 0 saturated carbocycles. The Kier molecular flexibility index (Phi) is 5.15. The Morgan fingerprint density at radius 2 is 1.84 bits per heavy atom. The molecule has 0 aromatic heterocycles. The van der Waals surface area contributed by atoms with Crippen molar-refractivity contribution in [3.8, 4) is 0 Å². The van der Waals surface area contributed by atoms with Crippen molar-refractivity contribution in [1.82, 2.24) is 5.32 Å². The lowest BCUT2D eigenvalue weighted by Gasteiger charge is -2.21. The zero-order chi connectivity index (χ0) is 13.7. The van der Waals surface area contributed by atoms with Crippen LogP contribution >= 0.6 is 0 Å². The van der Waals surface area contributed by atoms with Gasteiger partial charge in [0.2, 0.25) is 0 Å². The van der Waals surface area contributed by atoms with Crippen molar-refractivity contribution in [3.63, 3.8) is 0 Å². The number of piperidine rings is 1. The Morgan fingerprint density at radius 1 is 1.21 bits per heavy atom. The van der Waals surface area contributed by atoms with Crippen molar-refractivity contribution in [1.29, 1.82) is 0 Å². The topological polar surface area (TPSA) is 29.1 Å². The molecule has 1 aliphatic rings. The van der Waals surface area contributed by atoms with Gasteiger partial charge in [-0.05, 0) is 50.3 Å². The Labute approximate surface area is 116 Å². The minimum Gasteiger partial charge on any atom is -0.317 e. The molecular formula is C17H25NO. The van der Waals surface area contributed by atoms with Crippen molar-refractivity contribution in [2.75, 3.05) is 13.1 Å². The van der Waals surface area contributed by atoms with Gasteiger partial charge in [0.1, 0.15) is 0 Å². The Hall–Kier alpha value is -1.15. The third kappa shape index (κ3) is 4.17. The second kappa shape index (κ2) is 6.85. The maximum atomic E-state index is 12.3. The molecule has 1 aromatic carbocycles. The van der Waals surface area contributed by atoms with Crippen LogP contribution < -0.4 is 5.32 Å². The summed E-state index contributed by atoms with van der Waals surface area (Å²) in [5.41, 5.74) is 2.23. The predicted octanol–water partition coefficient (Wildman–Crippen LogP) is 3.46. The highest BCUT2D eigenvalue weighted by molar-refractivity contribution is 5.97. The van der Waals surface area contributed by atoms with Crippen LogP contribution in [0.25, 0.3) is 0 Å². The van der Waals surface area contributed by atoms with Crippen LogP contribution in [0.5, 0.6) is 0 Å². The molecule has 1 saturated heterocycles. The maximum Gasteiger partial charge on any atom is 0.166 e. The van der Waals surface area contributed by atoms with E-state index in [4.69, 9.17) is 0 Å². The number of nitrogens with one attached hydrogen (secondary N) is 1. The summed E-state index contributed by atoms with van der Waals surface area (Å²) in [5.74, 6) is 1.29. The highest BCUT2D eigenvalue weighted by atomic mass is 16.1. The zero-order valence-electron chi connectivity index (χ0n) is 12.1. The molecule has 2 rings (SSSR count). The zero-order valence-corrected chi connectivity index (χ0v) is 12.1. The molecule has 2 nitrogen and oxygen atoms in total. The number of carbonyl (C=O) groups excluding carboxylic acids is 1. The van der Waals surface area contributed by atoms with Crippen molar-refractivity contribution in [2.24, 2.45) is 11.8 Å². The monoisotopic (exact) mass is 259 g/mol. The number of aryl methyl sites for hydroxylation is 1. The normalized spacial score (nSPS) is 16.8. The quantitative estimate of drug-likeness (QED) is 0.821. The first-order valence-corrected chi connectivity index (χ1v) is 7.50. The molecule has 0 bridgehead atoms. The first-order chi connectivity index (χ1) is 9.16. The van der Waals surface area contributed by atoms with Crippen LogP contribution in [0, 0.1) is 11.8 Å². The molecule has 2 heteroatoms. The molecule has 0 unspecified atom stereocenters. The van der Waals surface area contributed by atoms with Crippen molar-refractivity contribution in [2.45, 2.75) is 39.5 Å². The van der Waals surface area contributed by atoms with Gasteiger partial charge in [-0.25, -0.2) is 0 Å². The molecular weight excluding hydrogens is 234 g/mol. The van der Waals surface area contributed by atoms with Gasteiger partial charge in [-0.3, -0.25) is 4.79 Å². The molecule has 1 heterocycles. The summed E-state index contributed by atoms with van der Waals surface area (Å²) in [5, 5.41) is 3.31. The van der Waals surface area contributed by atoms with Crippen LogP contribution in [0.2, 0.25) is 0 Å². The SMILES string of the molecule is CC(C)CCc1ccc(C(=O)C2CCNCC2)cc1. The van der Waals surface area contributed by atoms with Gasteiger partial charge in [-0.2, -0.15) is 0 Å². The van der Waals surface area contributed by atoms with Crippen molar-refractivity contribution < 1.29 is 4.79 Å². The summed E-state index contributed by atoms with van der Waals surface area (Å²) in [6.45, 7) is 6.44. The van der Waals surface area contributed by atoms with E-state index in [1.54, 1.807) is 0 Å². The number of Topliss-reactive ketones (excluding diaryl/α,β-unsaturated/α-hetero) is 1. The second-order valence-electron chi connectivity index (χ2n) is 6.02. The van der Waals surface area contributed by atoms with E-state index in [0.717, 1.165) is 43.8 Å². The molecule has 1 aliphatic heterocycles. The Bertz CT molecular complexity index is 402. The van der Waals surface area contributed by atoms with E-state index in [0.29, 0.717) is 5.78 Å². The minimum absolute atomic E-state index is 0.225. The van der Waals surface area contributed by atoms with Gasteiger partial charge in [0.15, 0.2) is 5.78 Å². The molecule has 104 valence electrons. The fourth-order valence-corrected chi connectivity index (χ4v) is 2.61. The number of carbonyl (C=O) groups is 1. The fraction of sp³-hybridized carbons (Fsp3) is 0.588. The summed E-state index contributed by atoms with van der Waals surface area (Å²) < 4.78 is 0. The highest BCUT2D eigenvalue weighted by Crippen LogP contribution is 2.19. The van der Waals surface area contributed by atoms with E-state index in [1.807, 2.05) is 12.1 Å². The van der Waals surface area contributed by atoms with E-state index in [9.17, 15) is 4.79 Å². The van der Waals surface area contributed by atoms with Gasteiger partial charge in [0.05, 0.1) is 0 Å². The summed E-state index contributed by atoms with van der Waals surface area (Å²) in [6.07, 6.45) is 4.28. The van der Waals surface area contributed by atoms with Gasteiger partial charge >= 0.3 is 0 Å². The van der Waals surface area contributed by atoms with Gasteiger partial charge < -0.3 is 5.32 Å². The molecule has 1 fully saturated rings. The minimum atomic E-state index is 0.225. The van der Waals surface area contributed by atoms with Crippen LogP contribution in [-0.4, -0.2) is 18.9 Å². The highest BCUT2D eigenvalue weighted by Gasteiger charge is 2.21. The molecule has 1 N–H and O–H groups in total. The van der Waals surface area contributed by atoms with Gasteiger partial charge in [-0.1, -0.05) is 38.1 Å². The summed E-state index contributed by atoms with van der Waals surface area (Å²) in [7, 11) is 0. The van der Waals surface area contributed by atoms with Gasteiger partial charge in [-0.15, -0.1) is 0 Å². The maximum absolute atomic E-state index is 12.3. The largest absolute Gasteiger partial charge is 0.317 e. The summed E-state index contributed by atoms with van der Waals surface area (Å²) >= 11 is 0. The lowest BCUT2D eigenvalue weighted by atomic mass is 9.89. The molecule has 0 aliphatic carbocycles. The fourth-order valence-electron chi connectivity index (χ4n) is 2.61. The molecule has 0 radical (unpaired) electrons. The van der Waals surface area contributed by atoms with E-state index < -0.39 is 0 Å². The lowest BCUT2D eigenvalue weighted by molar-refractivity contribution is 0.0895. The first-order valence-electron chi connectivity index (χ1n) is 7.50. The van der Waals surface area contributed by atoms with Crippen LogP contribution in [0.1, 0.15) is 49.0 Å². The summed E-state index contributed by atoms with van der Waals surface area (Å²) in [6, 6.07) is 8.27. The van der Waals surface area contributed by atoms with Gasteiger partial charge in [0.25, 0.3) is 0 Å². The van der Waals surface area contributed by atoms with Crippen LogP contribution in [0.15, 0.2) is 24.3 Å². The predicted molar refractivity (Wildman–Crippen MR) is 79.5 cm³/mol. The number of hydrogen-bond donors (Lipinski definition) is 1. The smallest absolute Gasteiger partial charge is 0.166 e. The lowest BCUT2D eigenvalue weighted by Crippen LogP contribution is -2.31. The molecule has 0 spiro atoms. The first kappa shape index (κ1) is 14.3. The van der Waals surface area contributed by atoms with E-state index in [-0.39, 0.29) is 5.92 Å². The third-order valence-electron chi connectivity index (χ3n) is 3.96. The van der Waals surface area contributed by atoms with E-state index >= 15 is 0 Å². The standard InChI is InChI=1S/C17H25NO/c1-13(2)3-4-14-5-7-15(8-6-14)17(19)16-9-11-18-12-10-16/h5-8,13,16,18H,3-4,9-12H2,1-2H3. The van der Waals surface area contributed by atoms with Crippen molar-refractivity contribution >= 4 is 5.78 Å². The average molecular weight is 259 g/mol.